The van der Waals surface area contributed by atoms with E-state index < -0.39 is 18.1 Å². The third kappa shape index (κ3) is 11.3. The number of aliphatic hydroxyl groups is 1. The number of rotatable bonds is 4. The largest absolute Gasteiger partial charge is 0.480 e. The van der Waals surface area contributed by atoms with E-state index in [2.05, 4.69) is 0 Å². The first-order chi connectivity index (χ1) is 5.97. The Morgan fingerprint density at radius 3 is 1.85 bits per heavy atom. The van der Waals surface area contributed by atoms with Gasteiger partial charge in [0, 0.05) is 13.2 Å². The van der Waals surface area contributed by atoms with E-state index in [9.17, 15) is 4.79 Å². The molecule has 0 aromatic heterocycles. The Kier molecular flexibility index (Phi) is 10.8. The molecule has 0 spiro atoms. The lowest BCUT2D eigenvalue weighted by atomic mass is 10.2. The fourth-order valence-electron chi connectivity index (χ4n) is 0.410. The number of ether oxygens (including phenoxy) is 1. The van der Waals surface area contributed by atoms with Crippen molar-refractivity contribution in [2.45, 2.75) is 32.9 Å². The second-order valence-corrected chi connectivity index (χ2v) is 2.39. The molecule has 0 amide bonds. The third-order valence-corrected chi connectivity index (χ3v) is 1.21. The van der Waals surface area contributed by atoms with Crippen molar-refractivity contribution in [3.63, 3.8) is 0 Å². The van der Waals surface area contributed by atoms with Crippen molar-refractivity contribution in [1.29, 1.82) is 0 Å². The standard InChI is InChI=1S/C4H9NO3.C4H10O/c1-2(6)3(5)4(7)8;1-3-5-4-2/h2-3,6H,5H2,1H3,(H,7,8);3-4H2,1-2H3. The number of aliphatic carboxylic acids is 1. The Bertz CT molecular complexity index is 125. The van der Waals surface area contributed by atoms with Gasteiger partial charge in [-0.25, -0.2) is 0 Å². The molecule has 0 saturated carbocycles. The minimum absolute atomic E-state index is 0.844. The topological polar surface area (TPSA) is 92.8 Å². The van der Waals surface area contributed by atoms with Gasteiger partial charge in [0.15, 0.2) is 0 Å². The van der Waals surface area contributed by atoms with Gasteiger partial charge in [0.25, 0.3) is 0 Å². The first-order valence-corrected chi connectivity index (χ1v) is 4.21. The van der Waals surface area contributed by atoms with Crippen LogP contribution in [0.25, 0.3) is 0 Å². The van der Waals surface area contributed by atoms with Crippen LogP contribution < -0.4 is 5.73 Å². The molecule has 2 unspecified atom stereocenters. The van der Waals surface area contributed by atoms with E-state index in [1.54, 1.807) is 0 Å². The van der Waals surface area contributed by atoms with Crippen molar-refractivity contribution >= 4 is 5.97 Å². The van der Waals surface area contributed by atoms with E-state index in [-0.39, 0.29) is 0 Å². The Hall–Kier alpha value is -0.650. The highest BCUT2D eigenvalue weighted by atomic mass is 16.5. The van der Waals surface area contributed by atoms with Crippen LogP contribution in [0.5, 0.6) is 0 Å². The highest BCUT2D eigenvalue weighted by Gasteiger charge is 2.16. The number of hydrogen-bond donors (Lipinski definition) is 3. The normalized spacial score (nSPS) is 13.9. The maximum atomic E-state index is 9.86. The number of nitrogens with two attached hydrogens (primary N) is 1. The van der Waals surface area contributed by atoms with Gasteiger partial charge < -0.3 is 20.7 Å². The summed E-state index contributed by atoms with van der Waals surface area (Å²) < 4.78 is 4.83. The van der Waals surface area contributed by atoms with Crippen molar-refractivity contribution in [2.75, 3.05) is 13.2 Å². The lowest BCUT2D eigenvalue weighted by Crippen LogP contribution is -2.39. The molecule has 0 rings (SSSR count). The van der Waals surface area contributed by atoms with Crippen LogP contribution in [-0.4, -0.2) is 41.5 Å². The van der Waals surface area contributed by atoms with Gasteiger partial charge in [-0.3, -0.25) is 4.79 Å². The van der Waals surface area contributed by atoms with Crippen LogP contribution in [0.4, 0.5) is 0 Å². The summed E-state index contributed by atoms with van der Waals surface area (Å²) in [5, 5.41) is 16.6. The summed E-state index contributed by atoms with van der Waals surface area (Å²) in [5.74, 6) is -1.18. The fourth-order valence-corrected chi connectivity index (χ4v) is 0.410. The Labute approximate surface area is 78.5 Å². The van der Waals surface area contributed by atoms with Crippen LogP contribution in [0.1, 0.15) is 20.8 Å². The van der Waals surface area contributed by atoms with E-state index >= 15 is 0 Å². The van der Waals surface area contributed by atoms with Crippen molar-refractivity contribution in [3.8, 4) is 0 Å². The van der Waals surface area contributed by atoms with E-state index in [0.717, 1.165) is 13.2 Å². The number of aliphatic hydroxyl groups excluding tert-OH is 1. The monoisotopic (exact) mass is 193 g/mol. The second-order valence-electron chi connectivity index (χ2n) is 2.39. The van der Waals surface area contributed by atoms with Crippen LogP contribution in [0.3, 0.4) is 0 Å². The van der Waals surface area contributed by atoms with Gasteiger partial charge in [-0.2, -0.15) is 0 Å². The van der Waals surface area contributed by atoms with Gasteiger partial charge in [-0.05, 0) is 20.8 Å². The molecule has 0 bridgehead atoms. The lowest BCUT2D eigenvalue weighted by molar-refractivity contribution is -0.140. The highest BCUT2D eigenvalue weighted by molar-refractivity contribution is 5.73. The van der Waals surface area contributed by atoms with Crippen LogP contribution in [0.15, 0.2) is 0 Å². The molecule has 2 atom stereocenters. The molecule has 0 aromatic carbocycles. The zero-order valence-corrected chi connectivity index (χ0v) is 8.36. The molecule has 80 valence electrons. The van der Waals surface area contributed by atoms with Gasteiger partial charge in [0.2, 0.25) is 0 Å². The van der Waals surface area contributed by atoms with Crippen LogP contribution in [-0.2, 0) is 9.53 Å². The molecule has 0 aliphatic carbocycles. The number of carboxylic acids is 1. The molecule has 0 saturated heterocycles. The first kappa shape index (κ1) is 14.9. The Morgan fingerprint density at radius 1 is 1.46 bits per heavy atom. The van der Waals surface area contributed by atoms with Gasteiger partial charge in [0.1, 0.15) is 6.04 Å². The van der Waals surface area contributed by atoms with E-state index in [4.69, 9.17) is 20.7 Å². The van der Waals surface area contributed by atoms with E-state index in [0.29, 0.717) is 0 Å². The van der Waals surface area contributed by atoms with Gasteiger partial charge in [-0.1, -0.05) is 0 Å². The Morgan fingerprint density at radius 2 is 1.85 bits per heavy atom. The predicted octanol–water partition coefficient (Wildman–Crippen LogP) is -0.178. The summed E-state index contributed by atoms with van der Waals surface area (Å²) in [6, 6.07) is -1.16. The smallest absolute Gasteiger partial charge is 0.323 e. The van der Waals surface area contributed by atoms with Gasteiger partial charge in [-0.15, -0.1) is 0 Å². The summed E-state index contributed by atoms with van der Waals surface area (Å²) in [5.41, 5.74) is 4.91. The first-order valence-electron chi connectivity index (χ1n) is 4.21. The average Bonchev–Trinajstić information content (AvgIpc) is 2.05. The Balaban J connectivity index is 0. The molecule has 0 fully saturated rings. The minimum Gasteiger partial charge on any atom is -0.480 e. The zero-order chi connectivity index (χ0) is 10.9. The molecule has 0 heterocycles. The highest BCUT2D eigenvalue weighted by Crippen LogP contribution is 1.85. The molecule has 4 N–H and O–H groups in total. The van der Waals surface area contributed by atoms with E-state index in [1.807, 2.05) is 13.8 Å². The quantitative estimate of drug-likeness (QED) is 0.576. The van der Waals surface area contributed by atoms with Crippen molar-refractivity contribution in [1.82, 2.24) is 0 Å². The number of carboxylic acid groups (broad SMARTS) is 1. The molecule has 0 radical (unpaired) electrons. The molecular formula is C8H19NO4. The summed E-state index contributed by atoms with van der Waals surface area (Å²) >= 11 is 0. The molecule has 13 heavy (non-hydrogen) atoms. The van der Waals surface area contributed by atoms with Crippen LogP contribution in [0, 0.1) is 0 Å². The maximum Gasteiger partial charge on any atom is 0.323 e. The molecule has 0 aliphatic rings. The molecule has 5 heteroatoms. The van der Waals surface area contributed by atoms with Gasteiger partial charge >= 0.3 is 5.97 Å². The number of carbonyl (C=O) groups is 1. The predicted molar refractivity (Wildman–Crippen MR) is 49.5 cm³/mol. The van der Waals surface area contributed by atoms with Gasteiger partial charge in [0.05, 0.1) is 6.10 Å². The maximum absolute atomic E-state index is 9.86. The SMILES string of the molecule is CC(O)C(N)C(=O)O.CCOCC. The lowest BCUT2D eigenvalue weighted by Gasteiger charge is -2.06. The van der Waals surface area contributed by atoms with Crippen molar-refractivity contribution in [3.05, 3.63) is 0 Å². The van der Waals surface area contributed by atoms with Crippen molar-refractivity contribution < 1.29 is 19.7 Å². The number of hydrogen-bond acceptors (Lipinski definition) is 4. The molecule has 0 aliphatic heterocycles. The molecular weight excluding hydrogens is 174 g/mol. The fraction of sp³-hybridized carbons (Fsp3) is 0.875. The average molecular weight is 193 g/mol. The van der Waals surface area contributed by atoms with Crippen molar-refractivity contribution in [2.24, 2.45) is 5.73 Å². The van der Waals surface area contributed by atoms with Crippen LogP contribution in [0.2, 0.25) is 0 Å². The summed E-state index contributed by atoms with van der Waals surface area (Å²) in [7, 11) is 0. The summed E-state index contributed by atoms with van der Waals surface area (Å²) in [6.07, 6.45) is -0.979. The summed E-state index contributed by atoms with van der Waals surface area (Å²) in [6.45, 7) is 7.00. The molecule has 0 aromatic rings. The minimum atomic E-state index is -1.18. The zero-order valence-electron chi connectivity index (χ0n) is 8.36. The third-order valence-electron chi connectivity index (χ3n) is 1.21. The second kappa shape index (κ2) is 9.44. The van der Waals surface area contributed by atoms with E-state index in [1.165, 1.54) is 6.92 Å². The van der Waals surface area contributed by atoms with Crippen LogP contribution >= 0.6 is 0 Å². The summed E-state index contributed by atoms with van der Waals surface area (Å²) in [4.78, 5) is 9.86. The molecule has 5 nitrogen and oxygen atoms in total.